The monoisotopic (exact) mass is 438 g/mol. The molecule has 0 N–H and O–H groups in total. The molecule has 4 unspecified atom stereocenters. The molecule has 0 aromatic heterocycles. The summed E-state index contributed by atoms with van der Waals surface area (Å²) in [6.07, 6.45) is 5.61. The van der Waals surface area contributed by atoms with Gasteiger partial charge in [0, 0.05) is 54.7 Å². The van der Waals surface area contributed by atoms with Gasteiger partial charge in [-0.05, 0) is 31.6 Å². The van der Waals surface area contributed by atoms with Gasteiger partial charge in [0.05, 0.1) is 24.4 Å². The summed E-state index contributed by atoms with van der Waals surface area (Å²) >= 11 is 0. The first-order chi connectivity index (χ1) is 13.4. The Hall–Kier alpha value is 0.114. The third-order valence-electron chi connectivity index (χ3n) is 6.42. The summed E-state index contributed by atoms with van der Waals surface area (Å²) in [5, 5.41) is 0. The zero-order chi connectivity index (χ0) is 20.8. The van der Waals surface area contributed by atoms with Crippen molar-refractivity contribution in [3.8, 4) is 0 Å². The smallest absolute Gasteiger partial charge is 0.377 e. The molecule has 2 aliphatic heterocycles. The molecule has 1 saturated carbocycles. The minimum absolute atomic E-state index is 0.0464. The zero-order valence-electron chi connectivity index (χ0n) is 18.4. The summed E-state index contributed by atoms with van der Waals surface area (Å²) in [5.41, 5.74) is 0.0464. The lowest BCUT2D eigenvalue weighted by Crippen LogP contribution is -2.44. The second-order valence-corrected chi connectivity index (χ2v) is 13.9. The number of epoxide rings is 2. The maximum absolute atomic E-state index is 5.83. The van der Waals surface area contributed by atoms with Crippen LogP contribution < -0.4 is 0 Å². The third-order valence-corrected chi connectivity index (χ3v) is 11.9. The second-order valence-electron chi connectivity index (χ2n) is 7.52. The van der Waals surface area contributed by atoms with E-state index in [1.54, 1.807) is 42.7 Å². The molecule has 0 aromatic rings. The van der Waals surface area contributed by atoms with Crippen LogP contribution in [-0.4, -0.2) is 84.7 Å². The van der Waals surface area contributed by atoms with Gasteiger partial charge in [-0.25, -0.2) is 0 Å². The van der Waals surface area contributed by atoms with Gasteiger partial charge in [0.25, 0.3) is 0 Å². The topological polar surface area (TPSA) is 80.4 Å². The van der Waals surface area contributed by atoms with Crippen molar-refractivity contribution in [2.24, 2.45) is 5.92 Å². The molecule has 10 heteroatoms. The molecule has 0 spiro atoms. The molecule has 8 nitrogen and oxygen atoms in total. The van der Waals surface area contributed by atoms with Crippen molar-refractivity contribution < 1.29 is 36.0 Å². The lowest BCUT2D eigenvalue weighted by atomic mass is 9.79. The Bertz CT molecular complexity index is 443. The highest BCUT2D eigenvalue weighted by Gasteiger charge is 2.58. The predicted molar refractivity (Wildman–Crippen MR) is 108 cm³/mol. The Labute approximate surface area is 171 Å². The van der Waals surface area contributed by atoms with Gasteiger partial charge < -0.3 is 36.0 Å². The quantitative estimate of drug-likeness (QED) is 0.359. The van der Waals surface area contributed by atoms with Crippen molar-refractivity contribution in [1.29, 1.82) is 0 Å². The highest BCUT2D eigenvalue weighted by Crippen LogP contribution is 2.51. The van der Waals surface area contributed by atoms with Crippen LogP contribution in [0.15, 0.2) is 0 Å². The van der Waals surface area contributed by atoms with E-state index in [0.29, 0.717) is 18.1 Å². The average Bonchev–Trinajstić information content (AvgIpc) is 3.66. The van der Waals surface area contributed by atoms with E-state index in [1.165, 1.54) is 12.8 Å². The van der Waals surface area contributed by atoms with Crippen LogP contribution in [0.1, 0.15) is 32.6 Å². The molecule has 3 rings (SSSR count). The summed E-state index contributed by atoms with van der Waals surface area (Å²) < 4.78 is 43.2. The molecule has 2 heterocycles. The van der Waals surface area contributed by atoms with Gasteiger partial charge in [-0.1, -0.05) is 6.92 Å². The van der Waals surface area contributed by atoms with Crippen LogP contribution in [0.5, 0.6) is 0 Å². The molecule has 1 aliphatic carbocycles. The lowest BCUT2D eigenvalue weighted by molar-refractivity contribution is 0.112. The van der Waals surface area contributed by atoms with E-state index >= 15 is 0 Å². The summed E-state index contributed by atoms with van der Waals surface area (Å²) in [7, 11) is 5.19. The van der Waals surface area contributed by atoms with Crippen LogP contribution >= 0.6 is 0 Å². The van der Waals surface area contributed by atoms with Crippen LogP contribution in [0.2, 0.25) is 12.1 Å². The van der Waals surface area contributed by atoms with E-state index in [2.05, 4.69) is 0 Å². The van der Waals surface area contributed by atoms with Crippen molar-refractivity contribution in [3.05, 3.63) is 0 Å². The van der Waals surface area contributed by atoms with Crippen LogP contribution in [0.3, 0.4) is 0 Å². The van der Waals surface area contributed by atoms with E-state index in [1.807, 2.05) is 6.92 Å². The van der Waals surface area contributed by atoms with Crippen molar-refractivity contribution >= 4 is 17.6 Å². The van der Waals surface area contributed by atoms with Crippen molar-refractivity contribution in [2.75, 3.05) is 49.3 Å². The first-order valence-corrected chi connectivity index (χ1v) is 13.9. The minimum atomic E-state index is -2.47. The fraction of sp³-hybridized carbons (Fsp3) is 1.00. The molecule has 0 amide bonds. The molecular formula is C18H38O8Si2. The molecule has 0 bridgehead atoms. The first kappa shape index (κ1) is 24.4. The molecule has 3 aliphatic rings. The van der Waals surface area contributed by atoms with Crippen LogP contribution in [0.4, 0.5) is 0 Å². The van der Waals surface area contributed by atoms with E-state index in [4.69, 9.17) is 36.0 Å². The largest absolute Gasteiger partial charge is 0.500 e. The number of ether oxygens (including phenoxy) is 2. The van der Waals surface area contributed by atoms with Gasteiger partial charge in [-0.2, -0.15) is 0 Å². The Balaban J connectivity index is 0.000000266. The van der Waals surface area contributed by atoms with E-state index in [0.717, 1.165) is 31.5 Å². The Morgan fingerprint density at radius 3 is 1.71 bits per heavy atom. The molecule has 2 saturated heterocycles. The lowest BCUT2D eigenvalue weighted by Gasteiger charge is -2.29. The molecule has 3 fully saturated rings. The zero-order valence-corrected chi connectivity index (χ0v) is 20.4. The van der Waals surface area contributed by atoms with E-state index in [-0.39, 0.29) is 5.60 Å². The number of rotatable bonds is 11. The summed E-state index contributed by atoms with van der Waals surface area (Å²) in [6, 6.07) is 1.64. The highest BCUT2D eigenvalue weighted by atomic mass is 28.4. The normalized spacial score (nSPS) is 31.6. The van der Waals surface area contributed by atoms with Crippen LogP contribution in [0, 0.1) is 5.92 Å². The fourth-order valence-corrected chi connectivity index (χ4v) is 7.37. The maximum Gasteiger partial charge on any atom is 0.500 e. The molecule has 166 valence electrons. The van der Waals surface area contributed by atoms with Gasteiger partial charge in [0.15, 0.2) is 0 Å². The third kappa shape index (κ3) is 5.62. The van der Waals surface area contributed by atoms with Gasteiger partial charge in [0.1, 0.15) is 0 Å². The molecule has 28 heavy (non-hydrogen) atoms. The van der Waals surface area contributed by atoms with Crippen LogP contribution in [0.25, 0.3) is 0 Å². The Morgan fingerprint density at radius 1 is 0.821 bits per heavy atom. The molecule has 4 atom stereocenters. The van der Waals surface area contributed by atoms with E-state index in [9.17, 15) is 0 Å². The van der Waals surface area contributed by atoms with Gasteiger partial charge in [0.2, 0.25) is 0 Å². The van der Waals surface area contributed by atoms with Crippen molar-refractivity contribution in [2.45, 2.75) is 62.5 Å². The predicted octanol–water partition coefficient (Wildman–Crippen LogP) is 2.48. The SMILES string of the molecule is CC[Si](OC)(OC)OC.CO[Si](CCC1(C2CCC3OC3C2)CO1)(OC)OC. The molecule has 0 radical (unpaired) electrons. The van der Waals surface area contributed by atoms with Gasteiger partial charge >= 0.3 is 17.6 Å². The Kier molecular flexibility index (Phi) is 9.08. The molecule has 0 aromatic carbocycles. The minimum Gasteiger partial charge on any atom is -0.377 e. The highest BCUT2D eigenvalue weighted by molar-refractivity contribution is 6.60. The van der Waals surface area contributed by atoms with Gasteiger partial charge in [-0.15, -0.1) is 0 Å². The summed E-state index contributed by atoms with van der Waals surface area (Å²) in [4.78, 5) is 0. The van der Waals surface area contributed by atoms with Crippen LogP contribution in [-0.2, 0) is 36.0 Å². The second kappa shape index (κ2) is 10.4. The average molecular weight is 439 g/mol. The van der Waals surface area contributed by atoms with Crippen molar-refractivity contribution in [3.63, 3.8) is 0 Å². The summed E-state index contributed by atoms with van der Waals surface area (Å²) in [5.74, 6) is 0.633. The standard InChI is InChI=1S/C13H24O5Si.C5H14O3Si/c1-14-19(15-2,16-3)7-6-13(9-17-13)10-4-5-11-12(8-10)18-11;1-5-9(6-2,7-3)8-4/h10-12H,4-9H2,1-3H3;5H2,1-4H3. The fourth-order valence-electron chi connectivity index (χ4n) is 4.16. The number of fused-ring (bicyclic) bond motifs is 1. The molecular weight excluding hydrogens is 400 g/mol. The maximum atomic E-state index is 5.83. The van der Waals surface area contributed by atoms with Gasteiger partial charge in [-0.3, -0.25) is 0 Å². The van der Waals surface area contributed by atoms with Crippen molar-refractivity contribution in [1.82, 2.24) is 0 Å². The Morgan fingerprint density at radius 2 is 1.36 bits per heavy atom. The first-order valence-electron chi connectivity index (χ1n) is 10.0. The number of hydrogen-bond donors (Lipinski definition) is 0. The number of hydrogen-bond acceptors (Lipinski definition) is 8. The van der Waals surface area contributed by atoms with E-state index < -0.39 is 17.6 Å². The summed E-state index contributed by atoms with van der Waals surface area (Å²) in [6.45, 7) is 2.86.